The molecule has 1 heterocycles. The highest BCUT2D eigenvalue weighted by Gasteiger charge is 2.20. The number of phenols is 1. The molecule has 0 aliphatic heterocycles. The molecule has 1 fully saturated rings. The van der Waals surface area contributed by atoms with Gasteiger partial charge in [-0.25, -0.2) is 4.39 Å². The molecule has 35 heavy (non-hydrogen) atoms. The third-order valence-electron chi connectivity index (χ3n) is 6.31. The standard InChI is InChI=1S/C29H22FNO4/c30-22-12-14-25-23(15-22)28(33)27(20-9-7-18(16-31)8-10-20)26(35-25)13-11-21-5-2-6-24(32)29(21)34-17-19-3-1-4-19/h2,5-15,19,32H,1,3-4,17H2/b13-11+. The van der Waals surface area contributed by atoms with E-state index in [0.29, 0.717) is 35.0 Å². The van der Waals surface area contributed by atoms with Crippen molar-refractivity contribution >= 4 is 23.1 Å². The van der Waals surface area contributed by atoms with Gasteiger partial charge in [0.25, 0.3) is 0 Å². The Morgan fingerprint density at radius 2 is 1.91 bits per heavy atom. The molecule has 174 valence electrons. The third-order valence-corrected chi connectivity index (χ3v) is 6.31. The number of hydrogen-bond acceptors (Lipinski definition) is 5. The number of halogens is 1. The summed E-state index contributed by atoms with van der Waals surface area (Å²) in [6.45, 7) is 0.533. The molecule has 0 radical (unpaired) electrons. The van der Waals surface area contributed by atoms with E-state index in [2.05, 4.69) is 6.07 Å². The molecule has 5 rings (SSSR count). The van der Waals surface area contributed by atoms with E-state index in [1.165, 1.54) is 18.6 Å². The van der Waals surface area contributed by atoms with Crippen LogP contribution in [0.2, 0.25) is 0 Å². The Kier molecular flexibility index (Phi) is 6.07. The minimum Gasteiger partial charge on any atom is -0.504 e. The van der Waals surface area contributed by atoms with E-state index in [0.717, 1.165) is 18.9 Å². The maximum atomic E-state index is 13.9. The lowest BCUT2D eigenvalue weighted by molar-refractivity contribution is 0.176. The maximum Gasteiger partial charge on any atom is 0.201 e. The Balaban J connectivity index is 1.61. The number of benzene rings is 3. The summed E-state index contributed by atoms with van der Waals surface area (Å²) in [4.78, 5) is 13.4. The van der Waals surface area contributed by atoms with Crippen LogP contribution >= 0.6 is 0 Å². The van der Waals surface area contributed by atoms with E-state index in [9.17, 15) is 14.3 Å². The average molecular weight is 467 g/mol. The second-order valence-corrected chi connectivity index (χ2v) is 8.64. The third kappa shape index (κ3) is 4.53. The van der Waals surface area contributed by atoms with Gasteiger partial charge in [-0.1, -0.05) is 30.7 Å². The summed E-state index contributed by atoms with van der Waals surface area (Å²) in [7, 11) is 0. The zero-order valence-corrected chi connectivity index (χ0v) is 18.8. The summed E-state index contributed by atoms with van der Waals surface area (Å²) in [5, 5.41) is 19.6. The molecule has 1 aliphatic rings. The maximum absolute atomic E-state index is 13.9. The molecule has 0 bridgehead atoms. The van der Waals surface area contributed by atoms with Gasteiger partial charge in [0, 0.05) is 5.56 Å². The summed E-state index contributed by atoms with van der Waals surface area (Å²) < 4.78 is 25.9. The first-order valence-electron chi connectivity index (χ1n) is 11.4. The van der Waals surface area contributed by atoms with Crippen LogP contribution < -0.4 is 10.2 Å². The molecule has 3 aromatic carbocycles. The first kappa shape index (κ1) is 22.4. The number of para-hydroxylation sites is 1. The Morgan fingerprint density at radius 1 is 1.11 bits per heavy atom. The van der Waals surface area contributed by atoms with Gasteiger partial charge in [-0.2, -0.15) is 5.26 Å². The van der Waals surface area contributed by atoms with Crippen LogP contribution in [0.15, 0.2) is 69.9 Å². The summed E-state index contributed by atoms with van der Waals surface area (Å²) in [5.74, 6) is 0.641. The number of phenolic OH excluding ortho intramolecular Hbond substituents is 1. The van der Waals surface area contributed by atoms with Gasteiger partial charge in [-0.05, 0) is 72.9 Å². The van der Waals surface area contributed by atoms with Crippen LogP contribution in [0.1, 0.15) is 36.1 Å². The van der Waals surface area contributed by atoms with E-state index < -0.39 is 5.82 Å². The fourth-order valence-electron chi connectivity index (χ4n) is 4.14. The van der Waals surface area contributed by atoms with Crippen molar-refractivity contribution < 1.29 is 18.7 Å². The van der Waals surface area contributed by atoms with Gasteiger partial charge < -0.3 is 14.3 Å². The first-order chi connectivity index (χ1) is 17.0. The molecule has 0 unspecified atom stereocenters. The fraction of sp³-hybridized carbons (Fsp3) is 0.172. The van der Waals surface area contributed by atoms with Crippen molar-refractivity contribution in [1.29, 1.82) is 5.26 Å². The molecule has 4 aromatic rings. The van der Waals surface area contributed by atoms with Gasteiger partial charge in [0.2, 0.25) is 5.43 Å². The van der Waals surface area contributed by atoms with Crippen molar-refractivity contribution in [2.24, 2.45) is 5.92 Å². The lowest BCUT2D eigenvalue weighted by atomic mass is 9.86. The monoisotopic (exact) mass is 467 g/mol. The summed E-state index contributed by atoms with van der Waals surface area (Å²) in [6.07, 6.45) is 6.80. The van der Waals surface area contributed by atoms with Crippen LogP contribution in [-0.4, -0.2) is 11.7 Å². The number of aromatic hydroxyl groups is 1. The molecule has 1 N–H and O–H groups in total. The zero-order valence-electron chi connectivity index (χ0n) is 18.8. The van der Waals surface area contributed by atoms with Crippen LogP contribution in [0.5, 0.6) is 11.5 Å². The summed E-state index contributed by atoms with van der Waals surface area (Å²) >= 11 is 0. The molecule has 0 amide bonds. The van der Waals surface area contributed by atoms with Crippen molar-refractivity contribution in [3.8, 4) is 28.7 Å². The second-order valence-electron chi connectivity index (χ2n) is 8.64. The van der Waals surface area contributed by atoms with Crippen LogP contribution in [0.3, 0.4) is 0 Å². The average Bonchev–Trinajstić information content (AvgIpc) is 2.83. The predicted octanol–water partition coefficient (Wildman–Crippen LogP) is 6.53. The fourth-order valence-corrected chi connectivity index (χ4v) is 4.14. The van der Waals surface area contributed by atoms with E-state index >= 15 is 0 Å². The Morgan fingerprint density at radius 3 is 2.63 bits per heavy atom. The predicted molar refractivity (Wildman–Crippen MR) is 132 cm³/mol. The van der Waals surface area contributed by atoms with Crippen LogP contribution in [0, 0.1) is 23.1 Å². The molecule has 1 aromatic heterocycles. The highest BCUT2D eigenvalue weighted by Crippen LogP contribution is 2.35. The van der Waals surface area contributed by atoms with E-state index in [-0.39, 0.29) is 33.5 Å². The van der Waals surface area contributed by atoms with E-state index in [1.54, 1.807) is 48.6 Å². The highest BCUT2D eigenvalue weighted by molar-refractivity contribution is 5.87. The number of hydrogen-bond donors (Lipinski definition) is 1. The quantitative estimate of drug-likeness (QED) is 0.349. The Labute approximate surface area is 201 Å². The molecule has 5 nitrogen and oxygen atoms in total. The lowest BCUT2D eigenvalue weighted by Crippen LogP contribution is -2.19. The number of ether oxygens (including phenoxy) is 1. The molecule has 0 spiro atoms. The van der Waals surface area contributed by atoms with Gasteiger partial charge in [0.1, 0.15) is 17.2 Å². The van der Waals surface area contributed by atoms with Gasteiger partial charge in [0.05, 0.1) is 29.2 Å². The van der Waals surface area contributed by atoms with Gasteiger partial charge in [-0.15, -0.1) is 0 Å². The van der Waals surface area contributed by atoms with Gasteiger partial charge in [-0.3, -0.25) is 4.79 Å². The lowest BCUT2D eigenvalue weighted by Gasteiger charge is -2.25. The van der Waals surface area contributed by atoms with Crippen LogP contribution in [0.4, 0.5) is 4.39 Å². The highest BCUT2D eigenvalue weighted by atomic mass is 19.1. The number of nitriles is 1. The number of rotatable bonds is 6. The molecule has 6 heteroatoms. The SMILES string of the molecule is N#Cc1ccc(-c2c(/C=C/c3cccc(O)c3OCC3CCC3)oc3ccc(F)cc3c2=O)cc1. The van der Waals surface area contributed by atoms with Gasteiger partial charge in [0.15, 0.2) is 11.5 Å². The van der Waals surface area contributed by atoms with Crippen molar-refractivity contribution in [2.45, 2.75) is 19.3 Å². The van der Waals surface area contributed by atoms with Crippen LogP contribution in [0.25, 0.3) is 34.2 Å². The van der Waals surface area contributed by atoms with Crippen molar-refractivity contribution in [1.82, 2.24) is 0 Å². The molecular formula is C29H22FNO4. The number of nitrogens with zero attached hydrogens (tertiary/aromatic N) is 1. The first-order valence-corrected chi connectivity index (χ1v) is 11.4. The molecule has 0 saturated heterocycles. The largest absolute Gasteiger partial charge is 0.504 e. The van der Waals surface area contributed by atoms with Crippen LogP contribution in [-0.2, 0) is 0 Å². The van der Waals surface area contributed by atoms with Gasteiger partial charge >= 0.3 is 0 Å². The molecular weight excluding hydrogens is 445 g/mol. The minimum atomic E-state index is -0.535. The number of fused-ring (bicyclic) bond motifs is 1. The Bertz CT molecular complexity index is 1530. The van der Waals surface area contributed by atoms with Crippen molar-refractivity contribution in [3.05, 3.63) is 93.6 Å². The molecule has 1 aliphatic carbocycles. The van der Waals surface area contributed by atoms with E-state index in [4.69, 9.17) is 14.4 Å². The minimum absolute atomic E-state index is 0.0363. The molecule has 1 saturated carbocycles. The topological polar surface area (TPSA) is 83.5 Å². The van der Waals surface area contributed by atoms with E-state index in [1.807, 2.05) is 6.07 Å². The Hall–Kier alpha value is -4.37. The van der Waals surface area contributed by atoms with Crippen molar-refractivity contribution in [2.75, 3.05) is 6.61 Å². The second kappa shape index (κ2) is 9.47. The summed E-state index contributed by atoms with van der Waals surface area (Å²) in [6, 6.07) is 17.5. The van der Waals surface area contributed by atoms with Crippen molar-refractivity contribution in [3.63, 3.8) is 0 Å². The summed E-state index contributed by atoms with van der Waals surface area (Å²) in [5.41, 5.74) is 1.76. The zero-order chi connectivity index (χ0) is 24.4. The molecule has 0 atom stereocenters. The normalized spacial score (nSPS) is 13.6. The smallest absolute Gasteiger partial charge is 0.201 e.